The van der Waals surface area contributed by atoms with E-state index in [1.807, 2.05) is 25.0 Å². The molecule has 1 heterocycles. The molecular formula is C8H16N4S. The molecule has 1 rings (SSSR count). The van der Waals surface area contributed by atoms with Gasteiger partial charge in [0.15, 0.2) is 0 Å². The van der Waals surface area contributed by atoms with Crippen molar-refractivity contribution in [2.75, 3.05) is 12.0 Å². The molecule has 0 saturated heterocycles. The summed E-state index contributed by atoms with van der Waals surface area (Å²) in [5.74, 6) is 1.13. The Labute approximate surface area is 83.1 Å². The third-order valence-electron chi connectivity index (χ3n) is 1.70. The summed E-state index contributed by atoms with van der Waals surface area (Å²) >= 11 is 1.85. The van der Waals surface area contributed by atoms with Gasteiger partial charge in [-0.05, 0) is 13.2 Å². The van der Waals surface area contributed by atoms with Crippen LogP contribution in [0.5, 0.6) is 0 Å². The third-order valence-corrected chi connectivity index (χ3v) is 2.53. The Morgan fingerprint density at radius 3 is 3.00 bits per heavy atom. The molecule has 0 aliphatic carbocycles. The fourth-order valence-corrected chi connectivity index (χ4v) is 1.68. The summed E-state index contributed by atoms with van der Waals surface area (Å²) in [6.45, 7) is 2.97. The highest BCUT2D eigenvalue weighted by Gasteiger charge is 2.02. The quantitative estimate of drug-likeness (QED) is 0.758. The third kappa shape index (κ3) is 3.78. The van der Waals surface area contributed by atoms with Gasteiger partial charge in [-0.3, -0.25) is 4.68 Å². The largest absolute Gasteiger partial charge is 0.308 e. The normalized spacial score (nSPS) is 13.2. The number of rotatable bonds is 5. The zero-order chi connectivity index (χ0) is 9.68. The average Bonchev–Trinajstić information content (AvgIpc) is 2.49. The molecule has 0 fully saturated rings. The van der Waals surface area contributed by atoms with E-state index < -0.39 is 0 Å². The lowest BCUT2D eigenvalue weighted by atomic mass is 10.3. The Morgan fingerprint density at radius 2 is 2.46 bits per heavy atom. The molecule has 5 heteroatoms. The molecule has 0 aromatic carbocycles. The first-order valence-electron chi connectivity index (χ1n) is 4.30. The minimum Gasteiger partial charge on any atom is -0.308 e. The van der Waals surface area contributed by atoms with Gasteiger partial charge < -0.3 is 5.32 Å². The van der Waals surface area contributed by atoms with E-state index in [2.05, 4.69) is 28.8 Å². The molecular weight excluding hydrogens is 184 g/mol. The molecule has 0 spiro atoms. The SMILES string of the molecule is CSCC(C)NCc1cn(C)nn1. The van der Waals surface area contributed by atoms with Gasteiger partial charge >= 0.3 is 0 Å². The average molecular weight is 200 g/mol. The van der Waals surface area contributed by atoms with Gasteiger partial charge in [0.05, 0.1) is 5.69 Å². The molecule has 74 valence electrons. The van der Waals surface area contributed by atoms with Gasteiger partial charge in [0, 0.05) is 31.6 Å². The van der Waals surface area contributed by atoms with Gasteiger partial charge in [-0.2, -0.15) is 11.8 Å². The summed E-state index contributed by atoms with van der Waals surface area (Å²) in [5.41, 5.74) is 0.996. The van der Waals surface area contributed by atoms with E-state index in [1.165, 1.54) is 0 Å². The minimum atomic E-state index is 0.525. The predicted octanol–water partition coefficient (Wildman–Crippen LogP) is 0.656. The molecule has 1 aromatic heterocycles. The maximum atomic E-state index is 3.99. The number of nitrogens with one attached hydrogen (secondary N) is 1. The number of thioether (sulfide) groups is 1. The Balaban J connectivity index is 2.26. The van der Waals surface area contributed by atoms with Gasteiger partial charge in [-0.1, -0.05) is 5.21 Å². The van der Waals surface area contributed by atoms with Crippen LogP contribution in [0.2, 0.25) is 0 Å². The van der Waals surface area contributed by atoms with Crippen LogP contribution in [-0.2, 0) is 13.6 Å². The van der Waals surface area contributed by atoms with Crippen LogP contribution in [0, 0.1) is 0 Å². The van der Waals surface area contributed by atoms with Crippen molar-refractivity contribution in [1.29, 1.82) is 0 Å². The summed E-state index contributed by atoms with van der Waals surface area (Å²) in [7, 11) is 1.88. The molecule has 1 aromatic rings. The minimum absolute atomic E-state index is 0.525. The van der Waals surface area contributed by atoms with Gasteiger partial charge in [0.1, 0.15) is 0 Å². The monoisotopic (exact) mass is 200 g/mol. The van der Waals surface area contributed by atoms with Crippen LogP contribution >= 0.6 is 11.8 Å². The highest BCUT2D eigenvalue weighted by Crippen LogP contribution is 1.97. The van der Waals surface area contributed by atoms with Gasteiger partial charge in [-0.15, -0.1) is 5.10 Å². The molecule has 13 heavy (non-hydrogen) atoms. The highest BCUT2D eigenvalue weighted by molar-refractivity contribution is 7.98. The van der Waals surface area contributed by atoms with Crippen molar-refractivity contribution in [3.63, 3.8) is 0 Å². The summed E-state index contributed by atoms with van der Waals surface area (Å²) in [5, 5.41) is 11.2. The van der Waals surface area contributed by atoms with E-state index in [0.717, 1.165) is 18.0 Å². The fraction of sp³-hybridized carbons (Fsp3) is 0.750. The van der Waals surface area contributed by atoms with Crippen molar-refractivity contribution in [2.24, 2.45) is 7.05 Å². The molecule has 0 radical (unpaired) electrons. The van der Waals surface area contributed by atoms with E-state index in [4.69, 9.17) is 0 Å². The van der Waals surface area contributed by atoms with Crippen LogP contribution in [0.4, 0.5) is 0 Å². The van der Waals surface area contributed by atoms with E-state index in [0.29, 0.717) is 6.04 Å². The Bertz CT molecular complexity index is 248. The standard InChI is InChI=1S/C8H16N4S/c1-7(6-13-3)9-4-8-5-12(2)11-10-8/h5,7,9H,4,6H2,1-3H3. The Hall–Kier alpha value is -0.550. The molecule has 1 atom stereocenters. The molecule has 4 nitrogen and oxygen atoms in total. The second kappa shape index (κ2) is 5.24. The topological polar surface area (TPSA) is 42.7 Å². The lowest BCUT2D eigenvalue weighted by Crippen LogP contribution is -2.27. The molecule has 1 N–H and O–H groups in total. The molecule has 0 bridgehead atoms. The Kier molecular flexibility index (Phi) is 4.24. The summed E-state index contributed by atoms with van der Waals surface area (Å²) < 4.78 is 1.72. The summed E-state index contributed by atoms with van der Waals surface area (Å²) in [6, 6.07) is 0.525. The fourth-order valence-electron chi connectivity index (χ4n) is 1.06. The van der Waals surface area contributed by atoms with Crippen LogP contribution in [0.1, 0.15) is 12.6 Å². The molecule has 0 saturated carbocycles. The highest BCUT2D eigenvalue weighted by atomic mass is 32.2. The first-order chi connectivity index (χ1) is 6.22. The molecule has 0 aliphatic rings. The van der Waals surface area contributed by atoms with Crippen molar-refractivity contribution in [1.82, 2.24) is 20.3 Å². The first-order valence-corrected chi connectivity index (χ1v) is 5.69. The predicted molar refractivity (Wildman–Crippen MR) is 55.7 cm³/mol. The number of aryl methyl sites for hydroxylation is 1. The lowest BCUT2D eigenvalue weighted by Gasteiger charge is -2.09. The van der Waals surface area contributed by atoms with Crippen molar-refractivity contribution in [3.8, 4) is 0 Å². The first kappa shape index (κ1) is 10.5. The van der Waals surface area contributed by atoms with Crippen molar-refractivity contribution < 1.29 is 0 Å². The summed E-state index contributed by atoms with van der Waals surface area (Å²) in [6.07, 6.45) is 4.04. The van der Waals surface area contributed by atoms with E-state index >= 15 is 0 Å². The van der Waals surface area contributed by atoms with Gasteiger partial charge in [-0.25, -0.2) is 0 Å². The number of aromatic nitrogens is 3. The van der Waals surface area contributed by atoms with Crippen molar-refractivity contribution in [2.45, 2.75) is 19.5 Å². The van der Waals surface area contributed by atoms with Crippen LogP contribution in [0.3, 0.4) is 0 Å². The number of hydrogen-bond acceptors (Lipinski definition) is 4. The maximum absolute atomic E-state index is 3.99. The van der Waals surface area contributed by atoms with Gasteiger partial charge in [0.2, 0.25) is 0 Å². The number of hydrogen-bond donors (Lipinski definition) is 1. The van der Waals surface area contributed by atoms with Crippen molar-refractivity contribution in [3.05, 3.63) is 11.9 Å². The molecule has 1 unspecified atom stereocenters. The zero-order valence-corrected chi connectivity index (χ0v) is 9.14. The van der Waals surface area contributed by atoms with Crippen LogP contribution in [0.15, 0.2) is 6.20 Å². The second-order valence-corrected chi connectivity index (χ2v) is 4.03. The maximum Gasteiger partial charge on any atom is 0.0964 e. The molecule has 0 aliphatic heterocycles. The lowest BCUT2D eigenvalue weighted by molar-refractivity contribution is 0.587. The van der Waals surface area contributed by atoms with Crippen LogP contribution in [-0.4, -0.2) is 33.0 Å². The second-order valence-electron chi connectivity index (χ2n) is 3.12. The van der Waals surface area contributed by atoms with E-state index in [-0.39, 0.29) is 0 Å². The van der Waals surface area contributed by atoms with E-state index in [9.17, 15) is 0 Å². The Morgan fingerprint density at radius 1 is 1.69 bits per heavy atom. The smallest absolute Gasteiger partial charge is 0.0964 e. The van der Waals surface area contributed by atoms with Gasteiger partial charge in [0.25, 0.3) is 0 Å². The van der Waals surface area contributed by atoms with Crippen LogP contribution in [0.25, 0.3) is 0 Å². The summed E-state index contributed by atoms with van der Waals surface area (Å²) in [4.78, 5) is 0. The van der Waals surface area contributed by atoms with E-state index in [1.54, 1.807) is 4.68 Å². The zero-order valence-electron chi connectivity index (χ0n) is 8.32. The van der Waals surface area contributed by atoms with Crippen molar-refractivity contribution >= 4 is 11.8 Å². The number of nitrogens with zero attached hydrogens (tertiary/aromatic N) is 3. The molecule has 0 amide bonds. The van der Waals surface area contributed by atoms with Crippen LogP contribution < -0.4 is 5.32 Å².